The molecule has 2 aromatic heterocycles. The van der Waals surface area contributed by atoms with Crippen LogP contribution in [-0.2, 0) is 6.54 Å². The molecule has 0 N–H and O–H groups in total. The van der Waals surface area contributed by atoms with Gasteiger partial charge in [-0.25, -0.2) is 4.98 Å². The fourth-order valence-electron chi connectivity index (χ4n) is 1.77. The van der Waals surface area contributed by atoms with Gasteiger partial charge in [-0.3, -0.25) is 9.36 Å². The third-order valence-electron chi connectivity index (χ3n) is 3.05. The summed E-state index contributed by atoms with van der Waals surface area (Å²) >= 11 is 1.23. The number of hydrogen-bond donors (Lipinski definition) is 0. The van der Waals surface area contributed by atoms with Crippen molar-refractivity contribution in [3.63, 3.8) is 0 Å². The highest BCUT2D eigenvalue weighted by Gasteiger charge is 2.10. The van der Waals surface area contributed by atoms with E-state index in [9.17, 15) is 4.79 Å². The van der Waals surface area contributed by atoms with Gasteiger partial charge in [-0.15, -0.1) is 0 Å². The molecule has 2 rings (SSSR count). The highest BCUT2D eigenvalue weighted by atomic mass is 32.1. The first-order valence-electron chi connectivity index (χ1n) is 5.66. The SMILES string of the molecule is CCC(C)c1cnc2sc(=O)n(CC)c2c1. The molecule has 0 bridgehead atoms. The molecule has 0 aliphatic rings. The summed E-state index contributed by atoms with van der Waals surface area (Å²) < 4.78 is 1.79. The van der Waals surface area contributed by atoms with Gasteiger partial charge in [-0.05, 0) is 30.9 Å². The quantitative estimate of drug-likeness (QED) is 0.821. The number of rotatable bonds is 3. The number of thiazole rings is 1. The standard InChI is InChI=1S/C12H16N2OS/c1-4-8(3)9-6-10-11(13-7-9)16-12(15)14(10)5-2/h6-8H,4-5H2,1-3H3. The van der Waals surface area contributed by atoms with Gasteiger partial charge in [0.2, 0.25) is 0 Å². The first-order chi connectivity index (χ1) is 7.67. The molecule has 0 saturated carbocycles. The van der Waals surface area contributed by atoms with Crippen molar-refractivity contribution in [1.29, 1.82) is 0 Å². The molecule has 0 saturated heterocycles. The van der Waals surface area contributed by atoms with Gasteiger partial charge in [-0.2, -0.15) is 0 Å². The average molecular weight is 236 g/mol. The number of nitrogens with zero attached hydrogens (tertiary/aromatic N) is 2. The van der Waals surface area contributed by atoms with Crippen molar-refractivity contribution in [2.45, 2.75) is 39.7 Å². The fourth-order valence-corrected chi connectivity index (χ4v) is 2.65. The zero-order chi connectivity index (χ0) is 11.7. The molecule has 0 fully saturated rings. The molecule has 4 heteroatoms. The Hall–Kier alpha value is -1.16. The van der Waals surface area contributed by atoms with Crippen molar-refractivity contribution in [3.05, 3.63) is 27.5 Å². The summed E-state index contributed by atoms with van der Waals surface area (Å²) in [5, 5.41) is 0. The van der Waals surface area contributed by atoms with Crippen molar-refractivity contribution >= 4 is 21.7 Å². The summed E-state index contributed by atoms with van der Waals surface area (Å²) in [5.41, 5.74) is 2.20. The first kappa shape index (κ1) is 11.3. The van der Waals surface area contributed by atoms with Crippen LogP contribution in [0.4, 0.5) is 0 Å². The van der Waals surface area contributed by atoms with E-state index in [-0.39, 0.29) is 4.87 Å². The topological polar surface area (TPSA) is 34.9 Å². The van der Waals surface area contributed by atoms with Crippen LogP contribution in [0.2, 0.25) is 0 Å². The van der Waals surface area contributed by atoms with Crippen LogP contribution in [0.3, 0.4) is 0 Å². The van der Waals surface area contributed by atoms with Gasteiger partial charge in [0.05, 0.1) is 5.52 Å². The highest BCUT2D eigenvalue weighted by molar-refractivity contribution is 7.15. The molecule has 16 heavy (non-hydrogen) atoms. The Kier molecular flexibility index (Phi) is 3.10. The van der Waals surface area contributed by atoms with Gasteiger partial charge < -0.3 is 0 Å². The van der Waals surface area contributed by atoms with Crippen LogP contribution in [0.5, 0.6) is 0 Å². The van der Waals surface area contributed by atoms with Gasteiger partial charge in [-0.1, -0.05) is 25.2 Å². The summed E-state index contributed by atoms with van der Waals surface area (Å²) in [6.45, 7) is 7.05. The van der Waals surface area contributed by atoms with Crippen molar-refractivity contribution in [3.8, 4) is 0 Å². The molecule has 0 amide bonds. The molecule has 0 radical (unpaired) electrons. The highest BCUT2D eigenvalue weighted by Crippen LogP contribution is 2.22. The Labute approximate surface area is 98.8 Å². The van der Waals surface area contributed by atoms with E-state index in [1.54, 1.807) is 4.57 Å². The summed E-state index contributed by atoms with van der Waals surface area (Å²) in [6, 6.07) is 2.11. The molecule has 0 aromatic carbocycles. The van der Waals surface area contributed by atoms with Gasteiger partial charge >= 0.3 is 4.87 Å². The van der Waals surface area contributed by atoms with E-state index in [2.05, 4.69) is 24.9 Å². The first-order valence-corrected chi connectivity index (χ1v) is 6.48. The Morgan fingerprint density at radius 3 is 2.88 bits per heavy atom. The van der Waals surface area contributed by atoms with E-state index >= 15 is 0 Å². The average Bonchev–Trinajstić information content (AvgIpc) is 2.62. The monoisotopic (exact) mass is 236 g/mol. The maximum Gasteiger partial charge on any atom is 0.309 e. The molecule has 1 unspecified atom stereocenters. The third-order valence-corrected chi connectivity index (χ3v) is 3.95. The lowest BCUT2D eigenvalue weighted by atomic mass is 10.0. The maximum atomic E-state index is 11.7. The molecule has 2 heterocycles. The van der Waals surface area contributed by atoms with Crippen molar-refractivity contribution < 1.29 is 0 Å². The van der Waals surface area contributed by atoms with Crippen LogP contribution in [0, 0.1) is 0 Å². The minimum atomic E-state index is 0.0892. The molecule has 0 aliphatic carbocycles. The second kappa shape index (κ2) is 4.37. The second-order valence-electron chi connectivity index (χ2n) is 4.01. The molecule has 1 atom stereocenters. The minimum absolute atomic E-state index is 0.0892. The van der Waals surface area contributed by atoms with Crippen LogP contribution in [-0.4, -0.2) is 9.55 Å². The molecule has 86 valence electrons. The molecular formula is C12H16N2OS. The Balaban J connectivity index is 2.64. The van der Waals surface area contributed by atoms with Gasteiger partial charge in [0.15, 0.2) is 0 Å². The normalized spacial score (nSPS) is 13.2. The van der Waals surface area contributed by atoms with E-state index in [1.165, 1.54) is 16.9 Å². The summed E-state index contributed by atoms with van der Waals surface area (Å²) in [6.07, 6.45) is 2.99. The number of aromatic nitrogens is 2. The molecular weight excluding hydrogens is 220 g/mol. The van der Waals surface area contributed by atoms with Gasteiger partial charge in [0.1, 0.15) is 4.83 Å². The number of aryl methyl sites for hydroxylation is 1. The van der Waals surface area contributed by atoms with E-state index in [0.717, 1.165) is 16.8 Å². The zero-order valence-electron chi connectivity index (χ0n) is 9.86. The lowest BCUT2D eigenvalue weighted by Crippen LogP contribution is -2.10. The van der Waals surface area contributed by atoms with Gasteiger partial charge in [0.25, 0.3) is 0 Å². The summed E-state index contributed by atoms with van der Waals surface area (Å²) in [7, 11) is 0. The fraction of sp³-hybridized carbons (Fsp3) is 0.500. The van der Waals surface area contributed by atoms with E-state index in [0.29, 0.717) is 12.5 Å². The predicted octanol–water partition coefficient (Wildman–Crippen LogP) is 2.99. The summed E-state index contributed by atoms with van der Waals surface area (Å²) in [4.78, 5) is 17.0. The summed E-state index contributed by atoms with van der Waals surface area (Å²) in [5.74, 6) is 0.497. The van der Waals surface area contributed by atoms with Crippen molar-refractivity contribution in [1.82, 2.24) is 9.55 Å². The van der Waals surface area contributed by atoms with E-state index < -0.39 is 0 Å². The third kappa shape index (κ3) is 1.78. The lowest BCUT2D eigenvalue weighted by Gasteiger charge is -2.08. The van der Waals surface area contributed by atoms with Crippen LogP contribution in [0.1, 0.15) is 38.7 Å². The predicted molar refractivity (Wildman–Crippen MR) is 68.3 cm³/mol. The van der Waals surface area contributed by atoms with Gasteiger partial charge in [0, 0.05) is 12.7 Å². The second-order valence-corrected chi connectivity index (χ2v) is 4.95. The molecule has 2 aromatic rings. The van der Waals surface area contributed by atoms with Crippen molar-refractivity contribution in [2.24, 2.45) is 0 Å². The Morgan fingerprint density at radius 1 is 1.50 bits per heavy atom. The van der Waals surface area contributed by atoms with E-state index in [4.69, 9.17) is 0 Å². The number of hydrogen-bond acceptors (Lipinski definition) is 3. The smallest absolute Gasteiger partial charge is 0.297 e. The van der Waals surface area contributed by atoms with Crippen LogP contribution in [0.25, 0.3) is 10.3 Å². The van der Waals surface area contributed by atoms with Crippen LogP contribution < -0.4 is 4.87 Å². The van der Waals surface area contributed by atoms with Crippen molar-refractivity contribution in [2.75, 3.05) is 0 Å². The maximum absolute atomic E-state index is 11.7. The number of fused-ring (bicyclic) bond motifs is 1. The molecule has 3 nitrogen and oxygen atoms in total. The number of pyridine rings is 1. The van der Waals surface area contributed by atoms with Crippen LogP contribution >= 0.6 is 11.3 Å². The molecule has 0 aliphatic heterocycles. The zero-order valence-corrected chi connectivity index (χ0v) is 10.7. The largest absolute Gasteiger partial charge is 0.309 e. The van der Waals surface area contributed by atoms with Crippen LogP contribution in [0.15, 0.2) is 17.1 Å². The minimum Gasteiger partial charge on any atom is -0.297 e. The Bertz CT molecular complexity index is 556. The molecule has 0 spiro atoms. The van der Waals surface area contributed by atoms with E-state index in [1.807, 2.05) is 13.1 Å². The lowest BCUT2D eigenvalue weighted by molar-refractivity contribution is 0.727. The Morgan fingerprint density at radius 2 is 2.25 bits per heavy atom.